The van der Waals surface area contributed by atoms with E-state index >= 15 is 0 Å². The zero-order valence-corrected chi connectivity index (χ0v) is 19.4. The lowest BCUT2D eigenvalue weighted by molar-refractivity contribution is -0.185. The number of alkyl halides is 3. The third kappa shape index (κ3) is 6.37. The Labute approximate surface area is 206 Å². The first-order valence-corrected chi connectivity index (χ1v) is 11.6. The number of halogens is 3. The lowest BCUT2D eigenvalue weighted by Gasteiger charge is -2.32. The molecular weight excluding hydrogens is 469 g/mol. The highest BCUT2D eigenvalue weighted by molar-refractivity contribution is 5.80. The predicted molar refractivity (Wildman–Crippen MR) is 132 cm³/mol. The highest BCUT2D eigenvalue weighted by atomic mass is 19.4. The van der Waals surface area contributed by atoms with Crippen molar-refractivity contribution < 1.29 is 13.2 Å². The maximum Gasteiger partial charge on any atom is 0.391 e. The lowest BCUT2D eigenvalue weighted by Crippen LogP contribution is -2.39. The van der Waals surface area contributed by atoms with Gasteiger partial charge in [-0.15, -0.1) is 0 Å². The minimum absolute atomic E-state index is 0.0777. The number of benzene rings is 2. The number of rotatable bonds is 7. The second-order valence-corrected chi connectivity index (χ2v) is 8.64. The van der Waals surface area contributed by atoms with Crippen molar-refractivity contribution in [2.75, 3.05) is 25.1 Å². The zero-order chi connectivity index (χ0) is 25.5. The maximum absolute atomic E-state index is 12.9. The van der Waals surface area contributed by atoms with Crippen LogP contribution in [0.25, 0.3) is 11.3 Å². The number of hydrogen-bond acceptors (Lipinski definition) is 6. The summed E-state index contributed by atoms with van der Waals surface area (Å²) in [7, 11) is 0. The Bertz CT molecular complexity index is 1310. The largest absolute Gasteiger partial charge is 0.391 e. The summed E-state index contributed by atoms with van der Waals surface area (Å²) in [5, 5.41) is 13.5. The Morgan fingerprint density at radius 3 is 2.61 bits per heavy atom. The van der Waals surface area contributed by atoms with E-state index in [4.69, 9.17) is 0 Å². The molecule has 2 aromatic carbocycles. The Balaban J connectivity index is 1.37. The van der Waals surface area contributed by atoms with Gasteiger partial charge in [-0.2, -0.15) is 23.5 Å². The number of anilines is 1. The highest BCUT2D eigenvalue weighted by Gasteiger charge is 2.40. The molecule has 0 spiro atoms. The molecule has 0 amide bonds. The molecule has 0 radical (unpaired) electrons. The second-order valence-electron chi connectivity index (χ2n) is 8.64. The van der Waals surface area contributed by atoms with Crippen molar-refractivity contribution in [1.82, 2.24) is 14.9 Å². The quantitative estimate of drug-likeness (QED) is 0.371. The summed E-state index contributed by atoms with van der Waals surface area (Å²) in [6.45, 7) is 1.61. The third-order valence-corrected chi connectivity index (χ3v) is 6.18. The molecule has 1 fully saturated rings. The monoisotopic (exact) mass is 494 g/mol. The SMILES string of the molecule is N#Cc1c(-c2ccccc2)nc(NN=Cc2cccc(CCN3CCC(C(F)(F)F)CC3)c2)[nH]c1=O. The van der Waals surface area contributed by atoms with Crippen molar-refractivity contribution in [1.29, 1.82) is 5.26 Å². The fourth-order valence-electron chi connectivity index (χ4n) is 4.20. The predicted octanol–water partition coefficient (Wildman–Crippen LogP) is 4.57. The topological polar surface area (TPSA) is 97.2 Å². The molecule has 3 aromatic rings. The lowest BCUT2D eigenvalue weighted by atomic mass is 9.96. The second kappa shape index (κ2) is 11.2. The number of nitrogens with zero attached hydrogens (tertiary/aromatic N) is 4. The van der Waals surface area contributed by atoms with Crippen LogP contribution in [0.4, 0.5) is 19.1 Å². The summed E-state index contributed by atoms with van der Waals surface area (Å²) in [4.78, 5) is 21.3. The summed E-state index contributed by atoms with van der Waals surface area (Å²) in [5.74, 6) is -1.09. The van der Waals surface area contributed by atoms with Crippen LogP contribution >= 0.6 is 0 Å². The molecule has 1 aliphatic rings. The van der Waals surface area contributed by atoms with Gasteiger partial charge in [0.25, 0.3) is 5.56 Å². The molecule has 0 atom stereocenters. The molecule has 1 aromatic heterocycles. The molecule has 36 heavy (non-hydrogen) atoms. The summed E-state index contributed by atoms with van der Waals surface area (Å²) in [6, 6.07) is 18.5. The Morgan fingerprint density at radius 2 is 1.92 bits per heavy atom. The van der Waals surface area contributed by atoms with Crippen LogP contribution in [0.15, 0.2) is 64.5 Å². The molecule has 186 valence electrons. The van der Waals surface area contributed by atoms with Gasteiger partial charge in [0.2, 0.25) is 5.95 Å². The molecular formula is C26H25F3N6O. The molecule has 10 heteroatoms. The van der Waals surface area contributed by atoms with Crippen LogP contribution in [0.3, 0.4) is 0 Å². The van der Waals surface area contributed by atoms with Crippen molar-refractivity contribution in [2.45, 2.75) is 25.4 Å². The smallest absolute Gasteiger partial charge is 0.303 e. The first kappa shape index (κ1) is 25.1. The minimum Gasteiger partial charge on any atom is -0.303 e. The summed E-state index contributed by atoms with van der Waals surface area (Å²) in [5.41, 5.74) is 4.84. The van der Waals surface area contributed by atoms with E-state index in [-0.39, 0.29) is 30.0 Å². The molecule has 0 saturated carbocycles. The Kier molecular flexibility index (Phi) is 7.80. The number of piperidine rings is 1. The van der Waals surface area contributed by atoms with Gasteiger partial charge >= 0.3 is 6.18 Å². The van der Waals surface area contributed by atoms with Crippen molar-refractivity contribution in [3.63, 3.8) is 0 Å². The van der Waals surface area contributed by atoms with Crippen molar-refractivity contribution in [2.24, 2.45) is 11.0 Å². The number of nitrogens with one attached hydrogen (secondary N) is 2. The van der Waals surface area contributed by atoms with E-state index in [1.165, 1.54) is 0 Å². The van der Waals surface area contributed by atoms with E-state index in [0.29, 0.717) is 25.2 Å². The van der Waals surface area contributed by atoms with Crippen LogP contribution in [-0.2, 0) is 6.42 Å². The van der Waals surface area contributed by atoms with Crippen LogP contribution in [0.2, 0.25) is 0 Å². The van der Waals surface area contributed by atoms with Gasteiger partial charge in [0.1, 0.15) is 11.6 Å². The number of aromatic nitrogens is 2. The van der Waals surface area contributed by atoms with E-state index in [2.05, 4.69) is 25.4 Å². The van der Waals surface area contributed by atoms with Crippen molar-refractivity contribution in [3.8, 4) is 17.3 Å². The van der Waals surface area contributed by atoms with Gasteiger partial charge in [0.05, 0.1) is 17.8 Å². The normalized spacial score (nSPS) is 15.2. The number of nitriles is 1. The van der Waals surface area contributed by atoms with Crippen LogP contribution in [0, 0.1) is 17.2 Å². The summed E-state index contributed by atoms with van der Waals surface area (Å²) in [6.07, 6.45) is -1.49. The first-order valence-electron chi connectivity index (χ1n) is 11.6. The van der Waals surface area contributed by atoms with Gasteiger partial charge in [0.15, 0.2) is 0 Å². The number of aromatic amines is 1. The van der Waals surface area contributed by atoms with Crippen molar-refractivity contribution in [3.05, 3.63) is 81.6 Å². The zero-order valence-electron chi connectivity index (χ0n) is 19.4. The van der Waals surface area contributed by atoms with Gasteiger partial charge in [0, 0.05) is 12.1 Å². The molecule has 1 aliphatic heterocycles. The van der Waals surface area contributed by atoms with Gasteiger partial charge in [-0.1, -0.05) is 54.6 Å². The Hall–Kier alpha value is -3.97. The Morgan fingerprint density at radius 1 is 1.17 bits per heavy atom. The molecule has 0 unspecified atom stereocenters. The van der Waals surface area contributed by atoms with Crippen LogP contribution in [-0.4, -0.2) is 46.9 Å². The number of H-pyrrole nitrogens is 1. The number of hydrazone groups is 1. The fraction of sp³-hybridized carbons (Fsp3) is 0.308. The third-order valence-electron chi connectivity index (χ3n) is 6.18. The molecule has 2 heterocycles. The molecule has 4 rings (SSSR count). The average molecular weight is 495 g/mol. The average Bonchev–Trinajstić information content (AvgIpc) is 2.88. The van der Waals surface area contributed by atoms with Gasteiger partial charge in [-0.3, -0.25) is 9.78 Å². The van der Waals surface area contributed by atoms with E-state index in [9.17, 15) is 23.2 Å². The molecule has 1 saturated heterocycles. The summed E-state index contributed by atoms with van der Waals surface area (Å²) >= 11 is 0. The van der Waals surface area contributed by atoms with E-state index < -0.39 is 17.7 Å². The van der Waals surface area contributed by atoms with Crippen LogP contribution < -0.4 is 11.0 Å². The molecule has 0 bridgehead atoms. The number of likely N-dealkylation sites (tertiary alicyclic amines) is 1. The number of hydrogen-bond donors (Lipinski definition) is 2. The van der Waals surface area contributed by atoms with Gasteiger partial charge in [-0.25, -0.2) is 10.4 Å². The molecule has 0 aliphatic carbocycles. The van der Waals surface area contributed by atoms with E-state index in [0.717, 1.165) is 17.5 Å². The van der Waals surface area contributed by atoms with E-state index in [1.54, 1.807) is 30.5 Å². The van der Waals surface area contributed by atoms with E-state index in [1.807, 2.05) is 36.4 Å². The minimum atomic E-state index is -4.10. The van der Waals surface area contributed by atoms with Gasteiger partial charge < -0.3 is 4.90 Å². The maximum atomic E-state index is 12.9. The first-order chi connectivity index (χ1) is 17.3. The fourth-order valence-corrected chi connectivity index (χ4v) is 4.20. The highest BCUT2D eigenvalue weighted by Crippen LogP contribution is 2.34. The summed E-state index contributed by atoms with van der Waals surface area (Å²) < 4.78 is 38.6. The molecule has 2 N–H and O–H groups in total. The molecule has 7 nitrogen and oxygen atoms in total. The van der Waals surface area contributed by atoms with Gasteiger partial charge in [-0.05, 0) is 43.5 Å². The standard InChI is InChI=1S/C26H25F3N6O/c27-26(28,29)21-10-13-35(14-11-21)12-9-18-5-4-6-19(15-18)17-31-34-25-32-23(20-7-2-1-3-8-20)22(16-30)24(36)33-25/h1-8,15,17,21H,9-14H2,(H2,32,33,34,36). The van der Waals surface area contributed by atoms with Crippen LogP contribution in [0.1, 0.15) is 29.5 Å². The van der Waals surface area contributed by atoms with Crippen molar-refractivity contribution >= 4 is 12.2 Å². The van der Waals surface area contributed by atoms with Crippen LogP contribution in [0.5, 0.6) is 0 Å².